The van der Waals surface area contributed by atoms with Crippen LogP contribution in [0.4, 0.5) is 0 Å². The number of aromatic nitrogens is 2. The zero-order valence-electron chi connectivity index (χ0n) is 12.7. The molecule has 0 spiro atoms. The molecule has 0 radical (unpaired) electrons. The second kappa shape index (κ2) is 5.98. The SMILES string of the molecule is O=C(c1cc(C2CC2)[nH]n1)N1CCO[C@@H](c2ccccc2Cl)C1. The van der Waals surface area contributed by atoms with Crippen LogP contribution in [0.2, 0.25) is 5.02 Å². The molecule has 1 aliphatic carbocycles. The van der Waals surface area contributed by atoms with E-state index < -0.39 is 0 Å². The molecule has 23 heavy (non-hydrogen) atoms. The Morgan fingerprint density at radius 1 is 1.35 bits per heavy atom. The van der Waals surface area contributed by atoms with Crippen LogP contribution in [-0.4, -0.2) is 40.7 Å². The van der Waals surface area contributed by atoms with Crippen molar-refractivity contribution < 1.29 is 9.53 Å². The highest BCUT2D eigenvalue weighted by atomic mass is 35.5. The highest BCUT2D eigenvalue weighted by Gasteiger charge is 2.30. The summed E-state index contributed by atoms with van der Waals surface area (Å²) >= 11 is 6.25. The lowest BCUT2D eigenvalue weighted by Gasteiger charge is -2.33. The van der Waals surface area contributed by atoms with E-state index in [-0.39, 0.29) is 12.0 Å². The first-order valence-corrected chi connectivity index (χ1v) is 8.31. The number of amides is 1. The molecule has 1 amide bonds. The predicted molar refractivity (Wildman–Crippen MR) is 86.6 cm³/mol. The molecule has 1 saturated heterocycles. The highest BCUT2D eigenvalue weighted by Crippen LogP contribution is 2.39. The average molecular weight is 332 g/mol. The number of benzene rings is 1. The zero-order chi connectivity index (χ0) is 15.8. The largest absolute Gasteiger partial charge is 0.370 e. The Morgan fingerprint density at radius 2 is 2.17 bits per heavy atom. The summed E-state index contributed by atoms with van der Waals surface area (Å²) in [5.74, 6) is 0.512. The number of aromatic amines is 1. The Kier molecular flexibility index (Phi) is 3.83. The molecule has 5 nitrogen and oxygen atoms in total. The summed E-state index contributed by atoms with van der Waals surface area (Å²) in [4.78, 5) is 14.5. The number of morpholine rings is 1. The number of hydrogen-bond acceptors (Lipinski definition) is 3. The number of halogens is 1. The molecule has 1 N–H and O–H groups in total. The molecule has 1 aromatic carbocycles. The molecule has 2 aliphatic rings. The van der Waals surface area contributed by atoms with Crippen LogP contribution in [0, 0.1) is 0 Å². The van der Waals surface area contributed by atoms with Crippen molar-refractivity contribution in [2.45, 2.75) is 24.9 Å². The van der Waals surface area contributed by atoms with Gasteiger partial charge in [0.25, 0.3) is 5.91 Å². The van der Waals surface area contributed by atoms with Gasteiger partial charge in [0, 0.05) is 28.7 Å². The van der Waals surface area contributed by atoms with Gasteiger partial charge in [0.2, 0.25) is 0 Å². The molecule has 1 aliphatic heterocycles. The molecular weight excluding hydrogens is 314 g/mol. The van der Waals surface area contributed by atoms with E-state index in [4.69, 9.17) is 16.3 Å². The predicted octanol–water partition coefficient (Wildman–Crippen LogP) is 3.15. The molecule has 6 heteroatoms. The number of carbonyl (C=O) groups is 1. The van der Waals surface area contributed by atoms with Gasteiger partial charge in [0.15, 0.2) is 0 Å². The van der Waals surface area contributed by atoms with Gasteiger partial charge in [-0.3, -0.25) is 9.89 Å². The monoisotopic (exact) mass is 331 g/mol. The van der Waals surface area contributed by atoms with E-state index in [0.717, 1.165) is 11.3 Å². The minimum atomic E-state index is -0.191. The fraction of sp³-hybridized carbons (Fsp3) is 0.412. The first kappa shape index (κ1) is 14.7. The maximum atomic E-state index is 12.7. The van der Waals surface area contributed by atoms with E-state index in [0.29, 0.717) is 36.3 Å². The Hall–Kier alpha value is -1.85. The smallest absolute Gasteiger partial charge is 0.274 e. The van der Waals surface area contributed by atoms with Crippen LogP contribution in [-0.2, 0) is 4.74 Å². The van der Waals surface area contributed by atoms with Crippen LogP contribution in [0.15, 0.2) is 30.3 Å². The summed E-state index contributed by atoms with van der Waals surface area (Å²) in [5.41, 5.74) is 2.49. The van der Waals surface area contributed by atoms with E-state index in [1.54, 1.807) is 4.90 Å². The number of rotatable bonds is 3. The molecule has 120 valence electrons. The van der Waals surface area contributed by atoms with Gasteiger partial charge in [0.1, 0.15) is 11.8 Å². The van der Waals surface area contributed by atoms with Crippen molar-refractivity contribution in [3.8, 4) is 0 Å². The minimum absolute atomic E-state index is 0.0477. The Bertz CT molecular complexity index is 726. The maximum absolute atomic E-state index is 12.7. The summed E-state index contributed by atoms with van der Waals surface area (Å²) in [6.07, 6.45) is 2.17. The molecular formula is C17H18ClN3O2. The maximum Gasteiger partial charge on any atom is 0.274 e. The molecule has 4 rings (SSSR count). The van der Waals surface area contributed by atoms with Crippen LogP contribution in [0.3, 0.4) is 0 Å². The summed E-state index contributed by atoms with van der Waals surface area (Å²) in [6.45, 7) is 1.57. The van der Waals surface area contributed by atoms with E-state index in [2.05, 4.69) is 10.2 Å². The molecule has 2 fully saturated rings. The van der Waals surface area contributed by atoms with Crippen molar-refractivity contribution in [3.05, 3.63) is 52.3 Å². The van der Waals surface area contributed by atoms with Gasteiger partial charge >= 0.3 is 0 Å². The van der Waals surface area contributed by atoms with Gasteiger partial charge in [-0.15, -0.1) is 0 Å². The average Bonchev–Trinajstić information content (AvgIpc) is 3.32. The summed E-state index contributed by atoms with van der Waals surface area (Å²) in [5, 5.41) is 7.84. The van der Waals surface area contributed by atoms with E-state index in [9.17, 15) is 4.79 Å². The normalized spacial score (nSPS) is 21.4. The molecule has 1 atom stereocenters. The Labute approximate surface area is 139 Å². The van der Waals surface area contributed by atoms with Gasteiger partial charge in [-0.1, -0.05) is 29.8 Å². The number of carbonyl (C=O) groups excluding carboxylic acids is 1. The lowest BCUT2D eigenvalue weighted by molar-refractivity contribution is -0.0229. The minimum Gasteiger partial charge on any atom is -0.370 e. The van der Waals surface area contributed by atoms with Crippen molar-refractivity contribution in [3.63, 3.8) is 0 Å². The van der Waals surface area contributed by atoms with Gasteiger partial charge in [-0.2, -0.15) is 5.10 Å². The fourth-order valence-corrected chi connectivity index (χ4v) is 3.23. The molecule has 2 heterocycles. The second-order valence-corrected chi connectivity index (χ2v) is 6.52. The van der Waals surface area contributed by atoms with Crippen LogP contribution in [0.5, 0.6) is 0 Å². The van der Waals surface area contributed by atoms with Gasteiger partial charge in [0.05, 0.1) is 13.2 Å². The van der Waals surface area contributed by atoms with Gasteiger partial charge in [-0.25, -0.2) is 0 Å². The third-order valence-corrected chi connectivity index (χ3v) is 4.78. The number of nitrogens with zero attached hydrogens (tertiary/aromatic N) is 2. The van der Waals surface area contributed by atoms with Crippen molar-refractivity contribution in [1.29, 1.82) is 0 Å². The lowest BCUT2D eigenvalue weighted by atomic mass is 10.1. The summed E-state index contributed by atoms with van der Waals surface area (Å²) in [6, 6.07) is 9.50. The van der Waals surface area contributed by atoms with Crippen LogP contribution < -0.4 is 0 Å². The number of ether oxygens (including phenoxy) is 1. The third-order valence-electron chi connectivity index (χ3n) is 4.44. The van der Waals surface area contributed by atoms with Crippen molar-refractivity contribution in [2.75, 3.05) is 19.7 Å². The topological polar surface area (TPSA) is 58.2 Å². The van der Waals surface area contributed by atoms with E-state index >= 15 is 0 Å². The van der Waals surface area contributed by atoms with E-state index in [1.807, 2.05) is 30.3 Å². The summed E-state index contributed by atoms with van der Waals surface area (Å²) in [7, 11) is 0. The van der Waals surface area contributed by atoms with Crippen LogP contribution in [0.25, 0.3) is 0 Å². The van der Waals surface area contributed by atoms with Crippen LogP contribution >= 0.6 is 11.6 Å². The third kappa shape index (κ3) is 2.99. The van der Waals surface area contributed by atoms with Crippen molar-refractivity contribution in [1.82, 2.24) is 15.1 Å². The van der Waals surface area contributed by atoms with Gasteiger partial charge in [-0.05, 0) is 25.0 Å². The molecule has 1 saturated carbocycles. The second-order valence-electron chi connectivity index (χ2n) is 6.11. The highest BCUT2D eigenvalue weighted by molar-refractivity contribution is 6.31. The number of hydrogen-bond donors (Lipinski definition) is 1. The Balaban J connectivity index is 1.50. The molecule has 2 aromatic rings. The first-order chi connectivity index (χ1) is 11.2. The summed E-state index contributed by atoms with van der Waals surface area (Å²) < 4.78 is 5.81. The van der Waals surface area contributed by atoms with Crippen molar-refractivity contribution in [2.24, 2.45) is 0 Å². The standard InChI is InChI=1S/C17H18ClN3O2/c18-13-4-2-1-3-12(13)16-10-21(7-8-23-16)17(22)15-9-14(19-20-15)11-5-6-11/h1-4,9,11,16H,5-8,10H2,(H,19,20)/t16-/m1/s1. The van der Waals surface area contributed by atoms with Crippen molar-refractivity contribution >= 4 is 17.5 Å². The molecule has 1 aromatic heterocycles. The molecule has 0 unspecified atom stereocenters. The van der Waals surface area contributed by atoms with Gasteiger partial charge < -0.3 is 9.64 Å². The number of nitrogens with one attached hydrogen (secondary N) is 1. The Morgan fingerprint density at radius 3 is 2.96 bits per heavy atom. The molecule has 0 bridgehead atoms. The van der Waals surface area contributed by atoms with Crippen LogP contribution in [0.1, 0.15) is 46.6 Å². The zero-order valence-corrected chi connectivity index (χ0v) is 13.4. The lowest BCUT2D eigenvalue weighted by Crippen LogP contribution is -2.42. The quantitative estimate of drug-likeness (QED) is 0.940. The fourth-order valence-electron chi connectivity index (χ4n) is 2.97. The van der Waals surface area contributed by atoms with E-state index in [1.165, 1.54) is 12.8 Å². The number of H-pyrrole nitrogens is 1. The first-order valence-electron chi connectivity index (χ1n) is 7.93.